The maximum atomic E-state index is 13.8. The van der Waals surface area contributed by atoms with Gasteiger partial charge in [0, 0.05) is 22.5 Å². The molecule has 0 saturated heterocycles. The van der Waals surface area contributed by atoms with Crippen molar-refractivity contribution in [1.29, 1.82) is 0 Å². The fourth-order valence-corrected chi connectivity index (χ4v) is 7.07. The lowest BCUT2D eigenvalue weighted by Gasteiger charge is -2.57. The highest BCUT2D eigenvalue weighted by atomic mass is 16.3. The molecule has 4 atom stereocenters. The van der Waals surface area contributed by atoms with Gasteiger partial charge < -0.3 is 5.11 Å². The lowest BCUT2D eigenvalue weighted by Crippen LogP contribution is -2.59. The normalized spacial score (nSPS) is 36.1. The van der Waals surface area contributed by atoms with Crippen LogP contribution in [-0.4, -0.2) is 16.7 Å². The van der Waals surface area contributed by atoms with E-state index in [4.69, 9.17) is 0 Å². The molecule has 3 nitrogen and oxygen atoms in total. The van der Waals surface area contributed by atoms with Crippen LogP contribution in [0.15, 0.2) is 17.9 Å². The highest BCUT2D eigenvalue weighted by Gasteiger charge is 2.57. The SMILES string of the molecule is CC1=C(O)C(=O)C=c2c1ccc1c2=C(C)C(=O)C2C3CCCCC3(C)CCC12C. The maximum Gasteiger partial charge on any atom is 0.221 e. The average molecular weight is 391 g/mol. The molecule has 0 radical (unpaired) electrons. The maximum absolute atomic E-state index is 13.8. The fourth-order valence-electron chi connectivity index (χ4n) is 7.07. The lowest BCUT2D eigenvalue weighted by atomic mass is 9.46. The number of hydrogen-bond donors (Lipinski definition) is 1. The number of carbonyl (C=O) groups excluding carboxylic acids is 2. The summed E-state index contributed by atoms with van der Waals surface area (Å²) < 4.78 is 0. The molecule has 2 saturated carbocycles. The van der Waals surface area contributed by atoms with E-state index in [2.05, 4.69) is 19.9 Å². The van der Waals surface area contributed by atoms with Crippen LogP contribution in [0, 0.1) is 17.3 Å². The van der Waals surface area contributed by atoms with Crippen molar-refractivity contribution in [1.82, 2.24) is 0 Å². The Kier molecular flexibility index (Phi) is 3.85. The van der Waals surface area contributed by atoms with Gasteiger partial charge in [-0.25, -0.2) is 0 Å². The number of benzene rings is 1. The summed E-state index contributed by atoms with van der Waals surface area (Å²) in [5.74, 6) is 0.217. The Morgan fingerprint density at radius 2 is 1.76 bits per heavy atom. The second kappa shape index (κ2) is 5.93. The summed E-state index contributed by atoms with van der Waals surface area (Å²) in [6.45, 7) is 8.42. The smallest absolute Gasteiger partial charge is 0.221 e. The molecule has 3 heteroatoms. The minimum Gasteiger partial charge on any atom is -0.504 e. The third kappa shape index (κ3) is 2.30. The quantitative estimate of drug-likeness (QED) is 0.730. The van der Waals surface area contributed by atoms with Gasteiger partial charge in [0.25, 0.3) is 0 Å². The van der Waals surface area contributed by atoms with Gasteiger partial charge in [-0.3, -0.25) is 9.59 Å². The number of aliphatic hydroxyl groups is 1. The predicted octanol–water partition coefficient (Wildman–Crippen LogP) is 3.96. The van der Waals surface area contributed by atoms with E-state index in [9.17, 15) is 14.7 Å². The minimum absolute atomic E-state index is 0.0384. The summed E-state index contributed by atoms with van der Waals surface area (Å²) in [4.78, 5) is 26.2. The number of carbonyl (C=O) groups is 2. The lowest BCUT2D eigenvalue weighted by molar-refractivity contribution is -0.130. The van der Waals surface area contributed by atoms with E-state index in [-0.39, 0.29) is 34.1 Å². The van der Waals surface area contributed by atoms with Crippen LogP contribution in [0.3, 0.4) is 0 Å². The summed E-state index contributed by atoms with van der Waals surface area (Å²) in [7, 11) is 0. The van der Waals surface area contributed by atoms with Crippen LogP contribution in [-0.2, 0) is 15.0 Å². The molecule has 2 fully saturated rings. The van der Waals surface area contributed by atoms with E-state index < -0.39 is 0 Å². The minimum atomic E-state index is -0.362. The topological polar surface area (TPSA) is 54.4 Å². The van der Waals surface area contributed by atoms with Crippen molar-refractivity contribution in [2.45, 2.75) is 71.6 Å². The Morgan fingerprint density at radius 3 is 2.52 bits per heavy atom. The van der Waals surface area contributed by atoms with E-state index in [1.54, 1.807) is 6.92 Å². The third-order valence-electron chi connectivity index (χ3n) is 8.87. The standard InChI is InChI=1S/C26H30O3/c1-14-16-8-9-18-21(17(16)13-20(27)23(14)28)15(2)24(29)22-19-7-5-6-10-25(19,3)11-12-26(18,22)4/h8-9,13,19,22,28H,5-7,10-12H2,1-4H3. The van der Waals surface area contributed by atoms with Crippen LogP contribution < -0.4 is 10.4 Å². The molecule has 1 aromatic rings. The summed E-state index contributed by atoms with van der Waals surface area (Å²) >= 11 is 0. The highest BCUT2D eigenvalue weighted by molar-refractivity contribution is 6.22. The molecule has 0 amide bonds. The molecule has 4 unspecified atom stereocenters. The van der Waals surface area contributed by atoms with E-state index >= 15 is 0 Å². The van der Waals surface area contributed by atoms with Gasteiger partial charge in [0.15, 0.2) is 11.5 Å². The molecular formula is C26H30O3. The number of Topliss-reactive ketones (excluding diaryl/α,β-unsaturated/α-hetero) is 2. The first-order valence-corrected chi connectivity index (χ1v) is 11.0. The summed E-state index contributed by atoms with van der Waals surface area (Å²) in [6.07, 6.45) is 8.60. The molecule has 0 aromatic heterocycles. The molecule has 0 heterocycles. The first kappa shape index (κ1) is 18.8. The Morgan fingerprint density at radius 1 is 1.00 bits per heavy atom. The van der Waals surface area contributed by atoms with Gasteiger partial charge in [0.1, 0.15) is 0 Å². The van der Waals surface area contributed by atoms with E-state index in [0.717, 1.165) is 40.8 Å². The molecule has 152 valence electrons. The van der Waals surface area contributed by atoms with Crippen LogP contribution in [0.5, 0.6) is 0 Å². The fraction of sp³-hybridized carbons (Fsp3) is 0.538. The van der Waals surface area contributed by atoms with Crippen LogP contribution in [0.2, 0.25) is 0 Å². The average Bonchev–Trinajstić information content (AvgIpc) is 2.70. The van der Waals surface area contributed by atoms with Gasteiger partial charge in [-0.15, -0.1) is 0 Å². The monoisotopic (exact) mass is 390 g/mol. The number of fused-ring (bicyclic) bond motifs is 7. The molecular weight excluding hydrogens is 360 g/mol. The van der Waals surface area contributed by atoms with Gasteiger partial charge in [0.05, 0.1) is 0 Å². The molecule has 1 N–H and O–H groups in total. The Bertz CT molecular complexity index is 1120. The van der Waals surface area contributed by atoms with Gasteiger partial charge in [-0.2, -0.15) is 0 Å². The number of ketones is 2. The Hall–Kier alpha value is -2.16. The summed E-state index contributed by atoms with van der Waals surface area (Å²) in [6, 6.07) is 4.21. The molecule has 4 aliphatic carbocycles. The molecule has 4 aliphatic rings. The van der Waals surface area contributed by atoms with Crippen LogP contribution in [0.25, 0.3) is 17.2 Å². The van der Waals surface area contributed by atoms with Crippen LogP contribution in [0.1, 0.15) is 77.3 Å². The zero-order chi connectivity index (χ0) is 20.7. The summed E-state index contributed by atoms with van der Waals surface area (Å²) in [5, 5.41) is 11.9. The highest BCUT2D eigenvalue weighted by Crippen LogP contribution is 2.60. The van der Waals surface area contributed by atoms with Crippen LogP contribution >= 0.6 is 0 Å². The number of allylic oxidation sites excluding steroid dienone is 2. The first-order valence-electron chi connectivity index (χ1n) is 11.0. The molecule has 0 spiro atoms. The largest absolute Gasteiger partial charge is 0.504 e. The first-order chi connectivity index (χ1) is 13.7. The molecule has 1 aromatic carbocycles. The van der Waals surface area contributed by atoms with Gasteiger partial charge >= 0.3 is 0 Å². The molecule has 29 heavy (non-hydrogen) atoms. The van der Waals surface area contributed by atoms with Crippen molar-refractivity contribution in [3.63, 3.8) is 0 Å². The zero-order valence-electron chi connectivity index (χ0n) is 17.9. The third-order valence-corrected chi connectivity index (χ3v) is 8.87. The van der Waals surface area contributed by atoms with Gasteiger partial charge in [-0.1, -0.05) is 38.8 Å². The second-order valence-electron chi connectivity index (χ2n) is 10.3. The number of hydrogen-bond acceptors (Lipinski definition) is 3. The van der Waals surface area contributed by atoms with Crippen molar-refractivity contribution in [3.8, 4) is 0 Å². The Labute approximate surface area is 172 Å². The molecule has 5 rings (SSSR count). The zero-order valence-corrected chi connectivity index (χ0v) is 17.9. The molecule has 0 bridgehead atoms. The summed E-state index contributed by atoms with van der Waals surface area (Å²) in [5.41, 5.74) is 3.59. The van der Waals surface area contributed by atoms with Crippen molar-refractivity contribution >= 4 is 28.8 Å². The van der Waals surface area contributed by atoms with Crippen LogP contribution in [0.4, 0.5) is 0 Å². The molecule has 0 aliphatic heterocycles. The second-order valence-corrected chi connectivity index (χ2v) is 10.3. The van der Waals surface area contributed by atoms with E-state index in [1.165, 1.54) is 30.9 Å². The predicted molar refractivity (Wildman–Crippen MR) is 115 cm³/mol. The van der Waals surface area contributed by atoms with Crippen molar-refractivity contribution in [3.05, 3.63) is 39.5 Å². The van der Waals surface area contributed by atoms with Crippen molar-refractivity contribution < 1.29 is 14.7 Å². The van der Waals surface area contributed by atoms with E-state index in [0.29, 0.717) is 11.5 Å². The van der Waals surface area contributed by atoms with Crippen molar-refractivity contribution in [2.75, 3.05) is 0 Å². The van der Waals surface area contributed by atoms with Crippen molar-refractivity contribution in [2.24, 2.45) is 17.3 Å². The van der Waals surface area contributed by atoms with Gasteiger partial charge in [-0.05, 0) is 78.5 Å². The van der Waals surface area contributed by atoms with Gasteiger partial charge in [0.2, 0.25) is 5.78 Å². The number of rotatable bonds is 0. The number of aliphatic hydroxyl groups excluding tert-OH is 1. The Balaban J connectivity index is 1.80. The van der Waals surface area contributed by atoms with E-state index in [1.807, 2.05) is 13.0 Å².